The van der Waals surface area contributed by atoms with Gasteiger partial charge in [0.2, 0.25) is 0 Å². The van der Waals surface area contributed by atoms with Crippen molar-refractivity contribution in [3.05, 3.63) is 58.7 Å². The average molecular weight is 451 g/mol. The van der Waals surface area contributed by atoms with Crippen LogP contribution >= 0.6 is 0 Å². The molecule has 2 aromatic carbocycles. The van der Waals surface area contributed by atoms with Crippen LogP contribution in [0.5, 0.6) is 11.5 Å². The second-order valence-corrected chi connectivity index (χ2v) is 9.12. The lowest BCUT2D eigenvalue weighted by atomic mass is 9.83. The number of hydrogen-bond acceptors (Lipinski definition) is 4. The van der Waals surface area contributed by atoms with Crippen LogP contribution in [0.4, 0.5) is 0 Å². The van der Waals surface area contributed by atoms with Crippen LogP contribution in [0.25, 0.3) is 0 Å². The number of benzene rings is 2. The molecule has 33 heavy (non-hydrogen) atoms. The van der Waals surface area contributed by atoms with Gasteiger partial charge in [0.05, 0.1) is 18.8 Å². The largest absolute Gasteiger partial charge is 0.489 e. The minimum Gasteiger partial charge on any atom is -0.489 e. The maximum absolute atomic E-state index is 13.5. The van der Waals surface area contributed by atoms with Gasteiger partial charge in [-0.15, -0.1) is 0 Å². The Hall–Kier alpha value is -2.62. The highest BCUT2D eigenvalue weighted by atomic mass is 16.5. The molecule has 0 bridgehead atoms. The Morgan fingerprint density at radius 1 is 0.697 bits per heavy atom. The molecule has 178 valence electrons. The molecule has 2 aromatic rings. The second kappa shape index (κ2) is 12.0. The van der Waals surface area contributed by atoms with E-state index < -0.39 is 0 Å². The van der Waals surface area contributed by atoms with Crippen LogP contribution in [0.3, 0.4) is 0 Å². The molecule has 0 saturated carbocycles. The van der Waals surface area contributed by atoms with E-state index >= 15 is 0 Å². The minimum atomic E-state index is -0.165. The van der Waals surface area contributed by atoms with Gasteiger partial charge in [0.25, 0.3) is 0 Å². The third-order valence-electron chi connectivity index (χ3n) is 6.77. The SMILES string of the molecule is CCCCC(CC)COc1ccc2c(c1OCC(CC)CCC)C(=O)c1ccccc1C2=O. The maximum atomic E-state index is 13.5. The van der Waals surface area contributed by atoms with Crippen molar-refractivity contribution in [2.24, 2.45) is 11.8 Å². The van der Waals surface area contributed by atoms with Crippen molar-refractivity contribution in [2.75, 3.05) is 13.2 Å². The van der Waals surface area contributed by atoms with Gasteiger partial charge in [0.15, 0.2) is 23.1 Å². The van der Waals surface area contributed by atoms with Gasteiger partial charge in [0, 0.05) is 16.7 Å². The van der Waals surface area contributed by atoms with E-state index in [2.05, 4.69) is 27.7 Å². The van der Waals surface area contributed by atoms with Crippen LogP contribution in [0, 0.1) is 11.8 Å². The molecule has 0 heterocycles. The third-order valence-corrected chi connectivity index (χ3v) is 6.77. The monoisotopic (exact) mass is 450 g/mol. The highest BCUT2D eigenvalue weighted by Crippen LogP contribution is 2.40. The summed E-state index contributed by atoms with van der Waals surface area (Å²) in [5.74, 6) is 1.55. The smallest absolute Gasteiger partial charge is 0.198 e. The van der Waals surface area contributed by atoms with E-state index in [1.807, 2.05) is 0 Å². The van der Waals surface area contributed by atoms with Crippen molar-refractivity contribution < 1.29 is 19.1 Å². The van der Waals surface area contributed by atoms with Crippen molar-refractivity contribution in [3.63, 3.8) is 0 Å². The number of fused-ring (bicyclic) bond motifs is 2. The Bertz CT molecular complexity index is 962. The van der Waals surface area contributed by atoms with E-state index in [1.54, 1.807) is 36.4 Å². The first kappa shape index (κ1) is 25.0. The predicted molar refractivity (Wildman–Crippen MR) is 133 cm³/mol. The third kappa shape index (κ3) is 5.66. The Balaban J connectivity index is 1.97. The molecule has 0 fully saturated rings. The Kier molecular flexibility index (Phi) is 9.11. The van der Waals surface area contributed by atoms with Crippen LogP contribution in [0.15, 0.2) is 36.4 Å². The summed E-state index contributed by atoms with van der Waals surface area (Å²) in [5, 5.41) is 0. The molecule has 2 atom stereocenters. The molecule has 2 unspecified atom stereocenters. The lowest BCUT2D eigenvalue weighted by Gasteiger charge is -2.25. The molecule has 0 spiro atoms. The molecule has 0 N–H and O–H groups in total. The molecule has 0 aromatic heterocycles. The van der Waals surface area contributed by atoms with E-state index in [-0.39, 0.29) is 11.6 Å². The van der Waals surface area contributed by atoms with Gasteiger partial charge >= 0.3 is 0 Å². The molecule has 0 saturated heterocycles. The number of carbonyl (C=O) groups excluding carboxylic acids is 2. The Labute approximate surface area is 198 Å². The van der Waals surface area contributed by atoms with E-state index in [4.69, 9.17) is 9.47 Å². The van der Waals surface area contributed by atoms with Gasteiger partial charge in [-0.1, -0.05) is 84.1 Å². The van der Waals surface area contributed by atoms with Crippen LogP contribution in [0.2, 0.25) is 0 Å². The number of unbranched alkanes of at least 4 members (excludes halogenated alkanes) is 1. The first-order chi connectivity index (χ1) is 16.0. The summed E-state index contributed by atoms with van der Waals surface area (Å²) in [6.07, 6.45) is 7.65. The van der Waals surface area contributed by atoms with Gasteiger partial charge in [-0.25, -0.2) is 0 Å². The summed E-state index contributed by atoms with van der Waals surface area (Å²) in [6.45, 7) is 9.80. The molecule has 0 amide bonds. The maximum Gasteiger partial charge on any atom is 0.198 e. The summed E-state index contributed by atoms with van der Waals surface area (Å²) < 4.78 is 12.6. The summed E-state index contributed by atoms with van der Waals surface area (Å²) in [7, 11) is 0. The fourth-order valence-electron chi connectivity index (χ4n) is 4.51. The molecule has 4 nitrogen and oxygen atoms in total. The van der Waals surface area contributed by atoms with Crippen LogP contribution < -0.4 is 9.47 Å². The zero-order valence-electron chi connectivity index (χ0n) is 20.6. The zero-order chi connectivity index (χ0) is 23.8. The molecule has 3 rings (SSSR count). The fraction of sp³-hybridized carbons (Fsp3) is 0.517. The van der Waals surface area contributed by atoms with Gasteiger partial charge in [0.1, 0.15) is 0 Å². The summed E-state index contributed by atoms with van der Waals surface area (Å²) >= 11 is 0. The molecular formula is C29H38O4. The van der Waals surface area contributed by atoms with Gasteiger partial charge < -0.3 is 9.47 Å². The standard InChI is InChI=1S/C29H38O4/c1-5-9-13-21(8-4)18-32-25-17-16-24-26(29(25)33-19-20(7-3)12-6-2)28(31)23-15-11-10-14-22(23)27(24)30/h10-11,14-17,20-21H,5-9,12-13,18-19H2,1-4H3. The summed E-state index contributed by atoms with van der Waals surface area (Å²) in [4.78, 5) is 26.7. The Morgan fingerprint density at radius 2 is 1.33 bits per heavy atom. The number of ketones is 2. The van der Waals surface area contributed by atoms with Crippen LogP contribution in [-0.4, -0.2) is 24.8 Å². The number of carbonyl (C=O) groups is 2. The van der Waals surface area contributed by atoms with Gasteiger partial charge in [-0.05, 0) is 36.8 Å². The topological polar surface area (TPSA) is 52.6 Å². The number of ether oxygens (including phenoxy) is 2. The molecule has 0 aliphatic heterocycles. The highest BCUT2D eigenvalue weighted by Gasteiger charge is 2.34. The molecule has 1 aliphatic carbocycles. The van der Waals surface area contributed by atoms with E-state index in [9.17, 15) is 9.59 Å². The van der Waals surface area contributed by atoms with Crippen molar-refractivity contribution in [3.8, 4) is 11.5 Å². The first-order valence-corrected chi connectivity index (χ1v) is 12.7. The van der Waals surface area contributed by atoms with Crippen molar-refractivity contribution in [1.29, 1.82) is 0 Å². The minimum absolute atomic E-state index is 0.133. The fourth-order valence-corrected chi connectivity index (χ4v) is 4.51. The number of hydrogen-bond donors (Lipinski definition) is 0. The Morgan fingerprint density at radius 3 is 1.97 bits per heavy atom. The predicted octanol–water partition coefficient (Wildman–Crippen LogP) is 7.26. The average Bonchev–Trinajstić information content (AvgIpc) is 2.85. The van der Waals surface area contributed by atoms with E-state index in [0.29, 0.717) is 58.8 Å². The van der Waals surface area contributed by atoms with Crippen LogP contribution in [-0.2, 0) is 0 Å². The quantitative estimate of drug-likeness (QED) is 0.275. The normalized spacial score (nSPS) is 14.4. The second-order valence-electron chi connectivity index (χ2n) is 9.12. The zero-order valence-corrected chi connectivity index (χ0v) is 20.6. The summed E-state index contributed by atoms with van der Waals surface area (Å²) in [6, 6.07) is 10.6. The van der Waals surface area contributed by atoms with Crippen LogP contribution in [0.1, 0.15) is 104 Å². The lowest BCUT2D eigenvalue weighted by Crippen LogP contribution is -2.23. The number of rotatable bonds is 13. The highest BCUT2D eigenvalue weighted by molar-refractivity contribution is 6.29. The van der Waals surface area contributed by atoms with Gasteiger partial charge in [-0.3, -0.25) is 9.59 Å². The molecule has 0 radical (unpaired) electrons. The van der Waals surface area contributed by atoms with E-state index in [1.165, 1.54) is 6.42 Å². The summed E-state index contributed by atoms with van der Waals surface area (Å²) in [5.41, 5.74) is 1.65. The lowest BCUT2D eigenvalue weighted by molar-refractivity contribution is 0.0973. The van der Waals surface area contributed by atoms with Crippen molar-refractivity contribution in [2.45, 2.75) is 72.6 Å². The van der Waals surface area contributed by atoms with Crippen molar-refractivity contribution >= 4 is 11.6 Å². The molecule has 1 aliphatic rings. The van der Waals surface area contributed by atoms with Gasteiger partial charge in [-0.2, -0.15) is 0 Å². The first-order valence-electron chi connectivity index (χ1n) is 12.7. The molecular weight excluding hydrogens is 412 g/mol. The van der Waals surface area contributed by atoms with Crippen molar-refractivity contribution in [1.82, 2.24) is 0 Å². The molecule has 4 heteroatoms. The van der Waals surface area contributed by atoms with E-state index in [0.717, 1.165) is 38.5 Å².